The SMILES string of the molecule is CCCCNC(=O)C(C)N1CCCC(O)C1. The van der Waals surface area contributed by atoms with Crippen molar-refractivity contribution >= 4 is 5.91 Å². The summed E-state index contributed by atoms with van der Waals surface area (Å²) in [7, 11) is 0. The molecule has 2 unspecified atom stereocenters. The van der Waals surface area contributed by atoms with E-state index in [4.69, 9.17) is 0 Å². The van der Waals surface area contributed by atoms with Crippen LogP contribution in [0.4, 0.5) is 0 Å². The first-order chi connectivity index (χ1) is 7.65. The standard InChI is InChI=1S/C12H24N2O2/c1-3-4-7-13-12(16)10(2)14-8-5-6-11(15)9-14/h10-11,15H,3-9H2,1-2H3,(H,13,16). The number of piperidine rings is 1. The third-order valence-corrected chi connectivity index (χ3v) is 3.18. The molecule has 1 heterocycles. The summed E-state index contributed by atoms with van der Waals surface area (Å²) in [5, 5.41) is 12.5. The van der Waals surface area contributed by atoms with Crippen LogP contribution in [0.1, 0.15) is 39.5 Å². The summed E-state index contributed by atoms with van der Waals surface area (Å²) in [6, 6.07) is -0.119. The summed E-state index contributed by atoms with van der Waals surface area (Å²) in [6.45, 7) is 6.33. The number of aliphatic hydroxyl groups is 1. The van der Waals surface area contributed by atoms with Crippen molar-refractivity contribution in [2.45, 2.75) is 51.7 Å². The summed E-state index contributed by atoms with van der Waals surface area (Å²) < 4.78 is 0. The minimum atomic E-state index is -0.264. The Bertz CT molecular complexity index is 221. The van der Waals surface area contributed by atoms with E-state index >= 15 is 0 Å². The van der Waals surface area contributed by atoms with E-state index < -0.39 is 0 Å². The maximum Gasteiger partial charge on any atom is 0.237 e. The van der Waals surface area contributed by atoms with Gasteiger partial charge in [0.1, 0.15) is 0 Å². The maximum atomic E-state index is 11.8. The Kier molecular flexibility index (Phi) is 5.77. The Balaban J connectivity index is 2.31. The minimum Gasteiger partial charge on any atom is -0.392 e. The van der Waals surface area contributed by atoms with Gasteiger partial charge in [-0.2, -0.15) is 0 Å². The Morgan fingerprint density at radius 2 is 2.38 bits per heavy atom. The van der Waals surface area contributed by atoms with Crippen LogP contribution in [0.25, 0.3) is 0 Å². The third-order valence-electron chi connectivity index (χ3n) is 3.18. The predicted molar refractivity (Wildman–Crippen MR) is 64.2 cm³/mol. The smallest absolute Gasteiger partial charge is 0.237 e. The van der Waals surface area contributed by atoms with Crippen molar-refractivity contribution in [3.8, 4) is 0 Å². The number of hydrogen-bond donors (Lipinski definition) is 2. The zero-order valence-corrected chi connectivity index (χ0v) is 10.4. The second-order valence-corrected chi connectivity index (χ2v) is 4.61. The summed E-state index contributed by atoms with van der Waals surface area (Å²) >= 11 is 0. The average Bonchev–Trinajstić information content (AvgIpc) is 2.28. The number of aliphatic hydroxyl groups excluding tert-OH is 1. The summed E-state index contributed by atoms with van der Waals surface area (Å²) in [6.07, 6.45) is 3.70. The average molecular weight is 228 g/mol. The van der Waals surface area contributed by atoms with Gasteiger partial charge in [0.05, 0.1) is 12.1 Å². The molecule has 0 radical (unpaired) electrons. The molecule has 1 saturated heterocycles. The van der Waals surface area contributed by atoms with Gasteiger partial charge in [0.25, 0.3) is 0 Å². The third kappa shape index (κ3) is 4.10. The highest BCUT2D eigenvalue weighted by Gasteiger charge is 2.25. The molecule has 16 heavy (non-hydrogen) atoms. The molecular weight excluding hydrogens is 204 g/mol. The van der Waals surface area contributed by atoms with Crippen molar-refractivity contribution in [2.75, 3.05) is 19.6 Å². The van der Waals surface area contributed by atoms with Gasteiger partial charge in [-0.25, -0.2) is 0 Å². The highest BCUT2D eigenvalue weighted by molar-refractivity contribution is 5.81. The van der Waals surface area contributed by atoms with Crippen LogP contribution < -0.4 is 5.32 Å². The predicted octanol–water partition coefficient (Wildman–Crippen LogP) is 0.748. The van der Waals surface area contributed by atoms with E-state index in [1.165, 1.54) is 0 Å². The van der Waals surface area contributed by atoms with Crippen molar-refractivity contribution in [1.29, 1.82) is 0 Å². The molecule has 1 amide bonds. The molecule has 1 rings (SSSR count). The second-order valence-electron chi connectivity index (χ2n) is 4.61. The number of amides is 1. The summed E-state index contributed by atoms with van der Waals surface area (Å²) in [5.74, 6) is 0.0857. The molecule has 4 nitrogen and oxygen atoms in total. The molecule has 0 spiro atoms. The van der Waals surface area contributed by atoms with E-state index in [2.05, 4.69) is 17.1 Å². The fraction of sp³-hybridized carbons (Fsp3) is 0.917. The van der Waals surface area contributed by atoms with Crippen LogP contribution >= 0.6 is 0 Å². The molecule has 94 valence electrons. The molecule has 0 aromatic rings. The maximum absolute atomic E-state index is 11.8. The summed E-state index contributed by atoms with van der Waals surface area (Å²) in [5.41, 5.74) is 0. The number of rotatable bonds is 5. The van der Waals surface area contributed by atoms with Gasteiger partial charge < -0.3 is 10.4 Å². The summed E-state index contributed by atoms with van der Waals surface area (Å²) in [4.78, 5) is 13.9. The molecule has 2 atom stereocenters. The van der Waals surface area contributed by atoms with E-state index in [0.29, 0.717) is 6.54 Å². The lowest BCUT2D eigenvalue weighted by atomic mass is 10.1. The zero-order chi connectivity index (χ0) is 12.0. The lowest BCUT2D eigenvalue weighted by Gasteiger charge is -2.33. The number of unbranched alkanes of at least 4 members (excludes halogenated alkanes) is 1. The first-order valence-corrected chi connectivity index (χ1v) is 6.35. The van der Waals surface area contributed by atoms with E-state index in [9.17, 15) is 9.90 Å². The normalized spacial score (nSPS) is 24.1. The molecule has 0 bridgehead atoms. The molecular formula is C12H24N2O2. The molecule has 1 aliphatic heterocycles. The number of likely N-dealkylation sites (tertiary alicyclic amines) is 1. The first kappa shape index (κ1) is 13.5. The van der Waals surface area contributed by atoms with E-state index in [-0.39, 0.29) is 18.1 Å². The minimum absolute atomic E-state index is 0.0857. The van der Waals surface area contributed by atoms with Gasteiger partial charge in [0, 0.05) is 13.1 Å². The van der Waals surface area contributed by atoms with Crippen molar-refractivity contribution in [1.82, 2.24) is 10.2 Å². The molecule has 2 N–H and O–H groups in total. The van der Waals surface area contributed by atoms with Gasteiger partial charge in [-0.05, 0) is 32.7 Å². The monoisotopic (exact) mass is 228 g/mol. The fourth-order valence-electron chi connectivity index (χ4n) is 2.04. The largest absolute Gasteiger partial charge is 0.392 e. The van der Waals surface area contributed by atoms with Crippen molar-refractivity contribution in [3.05, 3.63) is 0 Å². The Morgan fingerprint density at radius 1 is 1.62 bits per heavy atom. The van der Waals surface area contributed by atoms with Gasteiger partial charge in [-0.3, -0.25) is 9.69 Å². The number of carbonyl (C=O) groups excluding carboxylic acids is 1. The number of nitrogens with one attached hydrogen (secondary N) is 1. The van der Waals surface area contributed by atoms with Crippen LogP contribution in [-0.4, -0.2) is 47.7 Å². The lowest BCUT2D eigenvalue weighted by Crippen LogP contribution is -2.50. The van der Waals surface area contributed by atoms with Crippen LogP contribution in [0.3, 0.4) is 0 Å². The number of β-amino-alcohol motifs (C(OH)–C–C–N with tert-alkyl or cyclic N) is 1. The first-order valence-electron chi connectivity index (χ1n) is 6.35. The number of nitrogens with zero attached hydrogens (tertiary/aromatic N) is 1. The Hall–Kier alpha value is -0.610. The molecule has 1 fully saturated rings. The van der Waals surface area contributed by atoms with Crippen molar-refractivity contribution < 1.29 is 9.90 Å². The highest BCUT2D eigenvalue weighted by atomic mass is 16.3. The van der Waals surface area contributed by atoms with Crippen LogP contribution in [0, 0.1) is 0 Å². The van der Waals surface area contributed by atoms with Gasteiger partial charge in [0.2, 0.25) is 5.91 Å². The number of hydrogen-bond acceptors (Lipinski definition) is 3. The fourth-order valence-corrected chi connectivity index (χ4v) is 2.04. The van der Waals surface area contributed by atoms with Crippen LogP contribution in [0.2, 0.25) is 0 Å². The van der Waals surface area contributed by atoms with E-state index in [1.54, 1.807) is 0 Å². The van der Waals surface area contributed by atoms with Gasteiger partial charge in [0.15, 0.2) is 0 Å². The highest BCUT2D eigenvalue weighted by Crippen LogP contribution is 2.12. The molecule has 1 aliphatic rings. The van der Waals surface area contributed by atoms with E-state index in [0.717, 1.165) is 38.8 Å². The molecule has 4 heteroatoms. The zero-order valence-electron chi connectivity index (χ0n) is 10.4. The number of carbonyl (C=O) groups is 1. The molecule has 0 aliphatic carbocycles. The Morgan fingerprint density at radius 3 is 3.00 bits per heavy atom. The van der Waals surface area contributed by atoms with Crippen LogP contribution in [0.5, 0.6) is 0 Å². The molecule has 0 saturated carbocycles. The Labute approximate surface area is 98.0 Å². The lowest BCUT2D eigenvalue weighted by molar-refractivity contribution is -0.127. The van der Waals surface area contributed by atoms with Crippen LogP contribution in [-0.2, 0) is 4.79 Å². The van der Waals surface area contributed by atoms with Gasteiger partial charge >= 0.3 is 0 Å². The molecule has 0 aromatic heterocycles. The van der Waals surface area contributed by atoms with Crippen molar-refractivity contribution in [2.24, 2.45) is 0 Å². The second kappa shape index (κ2) is 6.86. The van der Waals surface area contributed by atoms with Gasteiger partial charge in [-0.15, -0.1) is 0 Å². The molecule has 0 aromatic carbocycles. The van der Waals surface area contributed by atoms with Gasteiger partial charge in [-0.1, -0.05) is 13.3 Å². The van der Waals surface area contributed by atoms with Crippen LogP contribution in [0.15, 0.2) is 0 Å². The van der Waals surface area contributed by atoms with Crippen molar-refractivity contribution in [3.63, 3.8) is 0 Å². The topological polar surface area (TPSA) is 52.6 Å². The van der Waals surface area contributed by atoms with E-state index in [1.807, 2.05) is 6.92 Å². The quantitative estimate of drug-likeness (QED) is 0.683.